The summed E-state index contributed by atoms with van der Waals surface area (Å²) in [4.78, 5) is 0. The van der Waals surface area contributed by atoms with Gasteiger partial charge < -0.3 is 11.5 Å². The van der Waals surface area contributed by atoms with Crippen LogP contribution in [0, 0.1) is 0 Å². The Labute approximate surface area is 126 Å². The van der Waals surface area contributed by atoms with Crippen LogP contribution in [0.2, 0.25) is 0 Å². The summed E-state index contributed by atoms with van der Waals surface area (Å²) in [5, 5.41) is 0. The highest BCUT2D eigenvalue weighted by Crippen LogP contribution is 2.35. The minimum absolute atomic E-state index is 0.165. The lowest BCUT2D eigenvalue weighted by atomic mass is 9.75. The summed E-state index contributed by atoms with van der Waals surface area (Å²) in [6.07, 6.45) is 3.63. The van der Waals surface area contributed by atoms with Crippen LogP contribution in [0.25, 0.3) is 0 Å². The maximum absolute atomic E-state index is 6.53. The van der Waals surface area contributed by atoms with Gasteiger partial charge in [-0.05, 0) is 11.1 Å². The summed E-state index contributed by atoms with van der Waals surface area (Å²) >= 11 is 0. The van der Waals surface area contributed by atoms with E-state index in [1.54, 1.807) is 0 Å². The molecule has 0 aromatic heterocycles. The molecule has 0 aliphatic rings. The Hall–Kier alpha value is -2.16. The zero-order valence-electron chi connectivity index (χ0n) is 12.2. The molecule has 0 saturated carbocycles. The van der Waals surface area contributed by atoms with Crippen molar-refractivity contribution in [1.29, 1.82) is 0 Å². The zero-order valence-corrected chi connectivity index (χ0v) is 12.2. The van der Waals surface area contributed by atoms with Crippen LogP contribution in [-0.2, 0) is 0 Å². The Bertz CT molecular complexity index is 534. The number of rotatable bonds is 6. The highest BCUT2D eigenvalue weighted by molar-refractivity contribution is 5.35. The Morgan fingerprint density at radius 1 is 0.714 bits per heavy atom. The molecule has 0 bridgehead atoms. The summed E-state index contributed by atoms with van der Waals surface area (Å²) in [5.74, 6) is -0.330. The zero-order chi connectivity index (χ0) is 15.3. The highest BCUT2D eigenvalue weighted by atomic mass is 15.0. The van der Waals surface area contributed by atoms with Crippen molar-refractivity contribution in [3.05, 3.63) is 97.1 Å². The van der Waals surface area contributed by atoms with E-state index in [-0.39, 0.29) is 11.8 Å². The largest absolute Gasteiger partial charge is 0.312 e. The molecule has 4 N–H and O–H groups in total. The lowest BCUT2D eigenvalue weighted by Gasteiger charge is -2.38. The van der Waals surface area contributed by atoms with Crippen LogP contribution in [0.15, 0.2) is 86.0 Å². The van der Waals surface area contributed by atoms with Gasteiger partial charge in [0.05, 0.1) is 5.66 Å². The van der Waals surface area contributed by atoms with Crippen LogP contribution in [0.1, 0.15) is 23.0 Å². The minimum atomic E-state index is -0.994. The Morgan fingerprint density at radius 3 is 1.33 bits per heavy atom. The van der Waals surface area contributed by atoms with Crippen molar-refractivity contribution in [3.63, 3.8) is 0 Å². The number of benzene rings is 2. The monoisotopic (exact) mass is 278 g/mol. The van der Waals surface area contributed by atoms with Gasteiger partial charge in [-0.25, -0.2) is 0 Å². The summed E-state index contributed by atoms with van der Waals surface area (Å²) in [6.45, 7) is 7.84. The van der Waals surface area contributed by atoms with Gasteiger partial charge >= 0.3 is 0 Å². The van der Waals surface area contributed by atoms with Gasteiger partial charge in [0.15, 0.2) is 0 Å². The molecule has 2 nitrogen and oxygen atoms in total. The number of hydrogen-bond acceptors (Lipinski definition) is 2. The van der Waals surface area contributed by atoms with E-state index in [1.165, 1.54) is 0 Å². The van der Waals surface area contributed by atoms with Gasteiger partial charge in [-0.3, -0.25) is 0 Å². The topological polar surface area (TPSA) is 52.0 Å². The standard InChI is InChI=1S/C19H22N2/c1-3-17(15-11-7-5-8-12-15)19(20,21)18(4-2)16-13-9-6-10-14-16/h3-14,17-18H,1-2,20-21H2. The number of nitrogens with two attached hydrogens (primary N) is 2. The number of hydrogen-bond donors (Lipinski definition) is 2. The van der Waals surface area contributed by atoms with Gasteiger partial charge in [0, 0.05) is 11.8 Å². The molecule has 0 saturated heterocycles. The van der Waals surface area contributed by atoms with E-state index in [0.29, 0.717) is 0 Å². The first-order chi connectivity index (χ1) is 10.1. The third-order valence-corrected chi connectivity index (χ3v) is 3.87. The van der Waals surface area contributed by atoms with Crippen molar-refractivity contribution >= 4 is 0 Å². The van der Waals surface area contributed by atoms with E-state index in [1.807, 2.05) is 72.8 Å². The molecule has 108 valence electrons. The third kappa shape index (κ3) is 3.13. The molecule has 0 heterocycles. The molecule has 0 aliphatic carbocycles. The van der Waals surface area contributed by atoms with Gasteiger partial charge in [-0.2, -0.15) is 0 Å². The van der Waals surface area contributed by atoms with Crippen LogP contribution in [0.3, 0.4) is 0 Å². The van der Waals surface area contributed by atoms with Crippen molar-refractivity contribution in [1.82, 2.24) is 0 Å². The molecule has 0 radical (unpaired) electrons. The molecule has 0 aliphatic heterocycles. The fourth-order valence-electron chi connectivity index (χ4n) is 2.77. The fraction of sp³-hybridized carbons (Fsp3) is 0.158. The first-order valence-electron chi connectivity index (χ1n) is 7.04. The predicted octanol–water partition coefficient (Wildman–Crippen LogP) is 3.54. The van der Waals surface area contributed by atoms with E-state index in [0.717, 1.165) is 11.1 Å². The first-order valence-corrected chi connectivity index (χ1v) is 7.04. The van der Waals surface area contributed by atoms with Crippen molar-refractivity contribution in [2.45, 2.75) is 17.5 Å². The predicted molar refractivity (Wildman–Crippen MR) is 89.9 cm³/mol. The molecule has 21 heavy (non-hydrogen) atoms. The second-order valence-corrected chi connectivity index (χ2v) is 5.25. The maximum atomic E-state index is 6.53. The molecule has 2 rings (SSSR count). The van der Waals surface area contributed by atoms with Crippen molar-refractivity contribution < 1.29 is 0 Å². The summed E-state index contributed by atoms with van der Waals surface area (Å²) in [6, 6.07) is 19.9. The van der Waals surface area contributed by atoms with Crippen molar-refractivity contribution in [2.75, 3.05) is 0 Å². The Balaban J connectivity index is 2.42. The molecule has 2 heteroatoms. The summed E-state index contributed by atoms with van der Waals surface area (Å²) < 4.78 is 0. The molecule has 0 spiro atoms. The quantitative estimate of drug-likeness (QED) is 0.627. The first kappa shape index (κ1) is 15.2. The van der Waals surface area contributed by atoms with E-state index < -0.39 is 5.66 Å². The minimum Gasteiger partial charge on any atom is -0.312 e. The molecule has 0 amide bonds. The van der Waals surface area contributed by atoms with Crippen LogP contribution in [-0.4, -0.2) is 5.66 Å². The normalized spacial score (nSPS) is 14.2. The third-order valence-electron chi connectivity index (χ3n) is 3.87. The summed E-state index contributed by atoms with van der Waals surface area (Å²) in [5.41, 5.74) is 14.2. The van der Waals surface area contributed by atoms with E-state index in [9.17, 15) is 0 Å². The molecule has 2 aromatic rings. The Morgan fingerprint density at radius 2 is 1.05 bits per heavy atom. The molecule has 2 atom stereocenters. The van der Waals surface area contributed by atoms with Gasteiger partial charge in [0.2, 0.25) is 0 Å². The average molecular weight is 278 g/mol. The van der Waals surface area contributed by atoms with Crippen molar-refractivity contribution in [3.8, 4) is 0 Å². The van der Waals surface area contributed by atoms with Gasteiger partial charge in [-0.15, -0.1) is 13.2 Å². The van der Waals surface area contributed by atoms with Gasteiger partial charge in [0.25, 0.3) is 0 Å². The second-order valence-electron chi connectivity index (χ2n) is 5.25. The SMILES string of the molecule is C=CC(c1ccccc1)C(N)(N)C(C=C)c1ccccc1. The van der Waals surface area contributed by atoms with Gasteiger partial charge in [0.1, 0.15) is 0 Å². The van der Waals surface area contributed by atoms with E-state index >= 15 is 0 Å². The summed E-state index contributed by atoms with van der Waals surface area (Å²) in [7, 11) is 0. The highest BCUT2D eigenvalue weighted by Gasteiger charge is 2.37. The average Bonchev–Trinajstić information content (AvgIpc) is 2.50. The smallest absolute Gasteiger partial charge is 0.0848 e. The molecular formula is C19H22N2. The van der Waals surface area contributed by atoms with Crippen molar-refractivity contribution in [2.24, 2.45) is 11.5 Å². The molecule has 0 fully saturated rings. The van der Waals surface area contributed by atoms with Crippen LogP contribution in [0.4, 0.5) is 0 Å². The van der Waals surface area contributed by atoms with Crippen LogP contribution in [0.5, 0.6) is 0 Å². The van der Waals surface area contributed by atoms with E-state index in [4.69, 9.17) is 11.5 Å². The van der Waals surface area contributed by atoms with Gasteiger partial charge in [-0.1, -0.05) is 72.8 Å². The van der Waals surface area contributed by atoms with E-state index in [2.05, 4.69) is 13.2 Å². The van der Waals surface area contributed by atoms with Crippen LogP contribution >= 0.6 is 0 Å². The lowest BCUT2D eigenvalue weighted by Crippen LogP contribution is -2.57. The second kappa shape index (κ2) is 6.53. The Kier molecular flexibility index (Phi) is 4.73. The molecular weight excluding hydrogens is 256 g/mol. The fourth-order valence-corrected chi connectivity index (χ4v) is 2.77. The maximum Gasteiger partial charge on any atom is 0.0848 e. The van der Waals surface area contributed by atoms with Crippen LogP contribution < -0.4 is 11.5 Å². The molecule has 2 unspecified atom stereocenters. The lowest BCUT2D eigenvalue weighted by molar-refractivity contribution is 0.360. The molecule has 2 aromatic carbocycles.